The summed E-state index contributed by atoms with van der Waals surface area (Å²) in [6.45, 7) is 3.80. The third-order valence-electron chi connectivity index (χ3n) is 1.79. The number of rotatable bonds is 4. The summed E-state index contributed by atoms with van der Waals surface area (Å²) in [6, 6.07) is 2.81. The minimum Gasteiger partial charge on any atom is -0.480 e. The number of halogens is 1. The van der Waals surface area contributed by atoms with Crippen LogP contribution >= 0.6 is 15.9 Å². The molecule has 4 nitrogen and oxygen atoms in total. The zero-order valence-corrected chi connectivity index (χ0v) is 10.2. The van der Waals surface area contributed by atoms with E-state index in [9.17, 15) is 4.79 Å². The van der Waals surface area contributed by atoms with E-state index in [1.807, 2.05) is 13.8 Å². The van der Waals surface area contributed by atoms with Crippen LogP contribution in [0.4, 0.5) is 0 Å². The van der Waals surface area contributed by atoms with E-state index >= 15 is 0 Å². The molecule has 0 fully saturated rings. The summed E-state index contributed by atoms with van der Waals surface area (Å²) in [4.78, 5) is 15.1. The highest BCUT2D eigenvalue weighted by atomic mass is 79.9. The van der Waals surface area contributed by atoms with Gasteiger partial charge in [0.05, 0.1) is 5.69 Å². The fourth-order valence-corrected chi connectivity index (χ4v) is 1.41. The van der Waals surface area contributed by atoms with Gasteiger partial charge >= 0.3 is 5.97 Å². The maximum Gasteiger partial charge on any atom is 0.326 e. The first-order valence-corrected chi connectivity index (χ1v) is 5.40. The van der Waals surface area contributed by atoms with Crippen LogP contribution in [0.15, 0.2) is 22.8 Å². The van der Waals surface area contributed by atoms with E-state index in [-0.39, 0.29) is 6.04 Å². The molecule has 1 atom stereocenters. The second-order valence-corrected chi connectivity index (χ2v) is 4.41. The molecule has 5 heteroatoms. The molecule has 1 aromatic rings. The zero-order chi connectivity index (χ0) is 11.4. The van der Waals surface area contributed by atoms with Crippen LogP contribution in [0.5, 0.6) is 0 Å². The van der Waals surface area contributed by atoms with Crippen LogP contribution in [0.1, 0.15) is 25.6 Å². The molecular formula is C10H13BrN2O2. The fourth-order valence-electron chi connectivity index (χ4n) is 1.17. The van der Waals surface area contributed by atoms with Gasteiger partial charge in [-0.15, -0.1) is 0 Å². The molecule has 0 spiro atoms. The average molecular weight is 273 g/mol. The van der Waals surface area contributed by atoms with Gasteiger partial charge in [-0.1, -0.05) is 0 Å². The molecule has 0 bridgehead atoms. The van der Waals surface area contributed by atoms with Gasteiger partial charge < -0.3 is 5.11 Å². The molecule has 1 aromatic heterocycles. The lowest BCUT2D eigenvalue weighted by Crippen LogP contribution is -2.34. The number of hydrogen-bond donors (Lipinski definition) is 2. The Hall–Kier alpha value is -0.940. The standard InChI is InChI=1S/C10H13BrN2O2/c1-6(2)13-9(10(14)15)8-4-3-7(11)5-12-8/h3-6,9,13H,1-2H3,(H,14,15). The van der Waals surface area contributed by atoms with Gasteiger partial charge in [-0.25, -0.2) is 0 Å². The molecule has 0 aliphatic rings. The second kappa shape index (κ2) is 5.23. The predicted molar refractivity (Wildman–Crippen MR) is 60.6 cm³/mol. The van der Waals surface area contributed by atoms with Crippen molar-refractivity contribution in [1.82, 2.24) is 10.3 Å². The van der Waals surface area contributed by atoms with E-state index in [2.05, 4.69) is 26.2 Å². The van der Waals surface area contributed by atoms with Crippen LogP contribution in [-0.4, -0.2) is 22.1 Å². The summed E-state index contributed by atoms with van der Waals surface area (Å²) in [5, 5.41) is 12.0. The monoisotopic (exact) mass is 272 g/mol. The topological polar surface area (TPSA) is 62.2 Å². The number of nitrogens with zero attached hydrogens (tertiary/aromatic N) is 1. The Morgan fingerprint density at radius 3 is 2.60 bits per heavy atom. The molecule has 82 valence electrons. The minimum atomic E-state index is -0.918. The van der Waals surface area contributed by atoms with Crippen molar-refractivity contribution in [2.45, 2.75) is 25.9 Å². The van der Waals surface area contributed by atoms with E-state index in [1.54, 1.807) is 18.3 Å². The normalized spacial score (nSPS) is 12.8. The molecular weight excluding hydrogens is 260 g/mol. The van der Waals surface area contributed by atoms with Crippen molar-refractivity contribution in [3.05, 3.63) is 28.5 Å². The molecule has 1 rings (SSSR count). The molecule has 1 heterocycles. The Morgan fingerprint density at radius 1 is 1.53 bits per heavy atom. The van der Waals surface area contributed by atoms with Crippen molar-refractivity contribution in [1.29, 1.82) is 0 Å². The van der Waals surface area contributed by atoms with Gasteiger partial charge in [0, 0.05) is 16.7 Å². The van der Waals surface area contributed by atoms with Crippen molar-refractivity contribution in [3.8, 4) is 0 Å². The van der Waals surface area contributed by atoms with E-state index in [0.29, 0.717) is 5.69 Å². The Morgan fingerprint density at radius 2 is 2.20 bits per heavy atom. The second-order valence-electron chi connectivity index (χ2n) is 3.49. The molecule has 0 aromatic carbocycles. The van der Waals surface area contributed by atoms with Gasteiger partial charge in [0.1, 0.15) is 6.04 Å². The Bertz CT molecular complexity index is 338. The van der Waals surface area contributed by atoms with Crippen LogP contribution in [0.2, 0.25) is 0 Å². The molecule has 1 unspecified atom stereocenters. The maximum absolute atomic E-state index is 11.0. The van der Waals surface area contributed by atoms with Crippen LogP contribution in [0.25, 0.3) is 0 Å². The van der Waals surface area contributed by atoms with Crippen molar-refractivity contribution < 1.29 is 9.90 Å². The molecule has 0 aliphatic heterocycles. The number of pyridine rings is 1. The SMILES string of the molecule is CC(C)NC(C(=O)O)c1ccc(Br)cn1. The summed E-state index contributed by atoms with van der Waals surface area (Å²) in [6.07, 6.45) is 1.59. The summed E-state index contributed by atoms with van der Waals surface area (Å²) < 4.78 is 0.833. The Labute approximate surface area is 96.8 Å². The van der Waals surface area contributed by atoms with Crippen LogP contribution in [0, 0.1) is 0 Å². The van der Waals surface area contributed by atoms with Crippen molar-refractivity contribution in [2.75, 3.05) is 0 Å². The van der Waals surface area contributed by atoms with Crippen molar-refractivity contribution >= 4 is 21.9 Å². The first-order chi connectivity index (χ1) is 7.00. The average Bonchev–Trinajstić information content (AvgIpc) is 2.15. The molecule has 2 N–H and O–H groups in total. The van der Waals surface area contributed by atoms with Crippen LogP contribution in [0.3, 0.4) is 0 Å². The number of nitrogens with one attached hydrogen (secondary N) is 1. The van der Waals surface area contributed by atoms with E-state index in [4.69, 9.17) is 5.11 Å². The van der Waals surface area contributed by atoms with Gasteiger partial charge in [-0.3, -0.25) is 15.1 Å². The van der Waals surface area contributed by atoms with Crippen molar-refractivity contribution in [2.24, 2.45) is 0 Å². The summed E-state index contributed by atoms with van der Waals surface area (Å²) in [7, 11) is 0. The molecule has 0 saturated carbocycles. The third-order valence-corrected chi connectivity index (χ3v) is 2.26. The molecule has 0 amide bonds. The molecule has 15 heavy (non-hydrogen) atoms. The van der Waals surface area contributed by atoms with Gasteiger partial charge in [-0.05, 0) is 41.9 Å². The largest absolute Gasteiger partial charge is 0.480 e. The Balaban J connectivity index is 2.89. The predicted octanol–water partition coefficient (Wildman–Crippen LogP) is 1.97. The first-order valence-electron chi connectivity index (χ1n) is 4.61. The highest BCUT2D eigenvalue weighted by Gasteiger charge is 2.21. The lowest BCUT2D eigenvalue weighted by Gasteiger charge is -2.16. The van der Waals surface area contributed by atoms with Gasteiger partial charge in [0.15, 0.2) is 0 Å². The van der Waals surface area contributed by atoms with Crippen LogP contribution < -0.4 is 5.32 Å². The number of aromatic nitrogens is 1. The quantitative estimate of drug-likeness (QED) is 0.880. The van der Waals surface area contributed by atoms with Crippen molar-refractivity contribution in [3.63, 3.8) is 0 Å². The fraction of sp³-hybridized carbons (Fsp3) is 0.400. The number of hydrogen-bond acceptors (Lipinski definition) is 3. The highest BCUT2D eigenvalue weighted by molar-refractivity contribution is 9.10. The highest BCUT2D eigenvalue weighted by Crippen LogP contribution is 2.14. The number of carboxylic acid groups (broad SMARTS) is 1. The zero-order valence-electron chi connectivity index (χ0n) is 8.57. The number of carboxylic acids is 1. The molecule has 0 radical (unpaired) electrons. The molecule has 0 saturated heterocycles. The van der Waals surface area contributed by atoms with Gasteiger partial charge in [-0.2, -0.15) is 0 Å². The minimum absolute atomic E-state index is 0.0940. The van der Waals surface area contributed by atoms with Gasteiger partial charge in [0.25, 0.3) is 0 Å². The van der Waals surface area contributed by atoms with Gasteiger partial charge in [0.2, 0.25) is 0 Å². The van der Waals surface area contributed by atoms with E-state index in [0.717, 1.165) is 4.47 Å². The smallest absolute Gasteiger partial charge is 0.326 e. The van der Waals surface area contributed by atoms with E-state index in [1.165, 1.54) is 0 Å². The van der Waals surface area contributed by atoms with Crippen LogP contribution in [-0.2, 0) is 4.79 Å². The number of carbonyl (C=O) groups is 1. The first kappa shape index (κ1) is 12.1. The Kier molecular flexibility index (Phi) is 4.23. The maximum atomic E-state index is 11.0. The summed E-state index contributed by atoms with van der Waals surface area (Å²) >= 11 is 3.25. The third kappa shape index (κ3) is 3.60. The number of aliphatic carboxylic acids is 1. The lowest BCUT2D eigenvalue weighted by atomic mass is 10.1. The van der Waals surface area contributed by atoms with E-state index < -0.39 is 12.0 Å². The lowest BCUT2D eigenvalue weighted by molar-refractivity contribution is -0.140. The summed E-state index contributed by atoms with van der Waals surface area (Å²) in [5.41, 5.74) is 0.513. The summed E-state index contributed by atoms with van der Waals surface area (Å²) in [5.74, 6) is -0.918. The molecule has 0 aliphatic carbocycles.